The topological polar surface area (TPSA) is 86.2 Å². The Labute approximate surface area is 189 Å². The number of halogens is 2. The van der Waals surface area contributed by atoms with E-state index in [1.807, 2.05) is 30.3 Å². The Morgan fingerprint density at radius 1 is 1.21 bits per heavy atom. The van der Waals surface area contributed by atoms with Crippen molar-refractivity contribution < 1.29 is 32.7 Å². The van der Waals surface area contributed by atoms with Crippen LogP contribution in [0.4, 0.5) is 8.78 Å². The van der Waals surface area contributed by atoms with E-state index in [1.165, 1.54) is 6.08 Å². The molecule has 2 heterocycles. The van der Waals surface area contributed by atoms with Crippen LogP contribution in [0.1, 0.15) is 24.0 Å². The van der Waals surface area contributed by atoms with Crippen LogP contribution < -0.4 is 5.32 Å². The maximum atomic E-state index is 13.6. The van der Waals surface area contributed by atoms with Crippen molar-refractivity contribution in [3.05, 3.63) is 83.9 Å². The number of carbonyl (C=O) groups excluding carboxylic acids is 2. The number of carbonyl (C=O) groups is 2. The first kappa shape index (κ1) is 22.6. The van der Waals surface area contributed by atoms with Gasteiger partial charge in [0.2, 0.25) is 5.60 Å². The molecule has 2 aliphatic rings. The third-order valence-electron chi connectivity index (χ3n) is 5.48. The summed E-state index contributed by atoms with van der Waals surface area (Å²) in [6, 6.07) is 11.8. The molecule has 0 aromatic heterocycles. The fourth-order valence-corrected chi connectivity index (χ4v) is 3.67. The minimum Gasteiger partial charge on any atom is -0.459 e. The van der Waals surface area contributed by atoms with Crippen molar-refractivity contribution in [3.8, 4) is 0 Å². The summed E-state index contributed by atoms with van der Waals surface area (Å²) in [5, 5.41) is 6.63. The number of ether oxygens (including phenoxy) is 2. The van der Waals surface area contributed by atoms with Gasteiger partial charge < -0.3 is 19.6 Å². The molecule has 9 heteroatoms. The predicted octanol–water partition coefficient (Wildman–Crippen LogP) is 3.03. The molecule has 1 saturated heterocycles. The minimum absolute atomic E-state index is 0.0542. The quantitative estimate of drug-likeness (QED) is 0.511. The van der Waals surface area contributed by atoms with Crippen molar-refractivity contribution >= 4 is 17.6 Å². The fraction of sp³-hybridized carbons (Fsp3) is 0.292. The summed E-state index contributed by atoms with van der Waals surface area (Å²) in [5.74, 6) is -2.58. The molecule has 0 saturated carbocycles. The Kier molecular flexibility index (Phi) is 6.50. The third-order valence-corrected chi connectivity index (χ3v) is 5.48. The van der Waals surface area contributed by atoms with Crippen LogP contribution in [0.2, 0.25) is 0 Å². The van der Waals surface area contributed by atoms with Gasteiger partial charge in [-0.3, -0.25) is 4.79 Å². The minimum atomic E-state index is -1.54. The van der Waals surface area contributed by atoms with Crippen molar-refractivity contribution in [2.75, 3.05) is 6.61 Å². The maximum Gasteiger partial charge on any atom is 0.335 e. The number of nitrogens with zero attached hydrogens (tertiary/aromatic N) is 1. The molecule has 0 bridgehead atoms. The molecule has 0 unspecified atom stereocenters. The Bertz CT molecular complexity index is 1070. The zero-order chi connectivity index (χ0) is 23.4. The van der Waals surface area contributed by atoms with Gasteiger partial charge in [0.15, 0.2) is 6.10 Å². The second-order valence-electron chi connectivity index (χ2n) is 7.88. The summed E-state index contributed by atoms with van der Waals surface area (Å²) in [4.78, 5) is 30.6. The van der Waals surface area contributed by atoms with Gasteiger partial charge in [0.05, 0.1) is 18.4 Å². The number of amides is 1. The summed E-state index contributed by atoms with van der Waals surface area (Å²) in [6.07, 6.45) is 0.664. The molecule has 7 nitrogen and oxygen atoms in total. The van der Waals surface area contributed by atoms with E-state index in [2.05, 4.69) is 17.1 Å². The van der Waals surface area contributed by atoms with Gasteiger partial charge in [0, 0.05) is 24.5 Å². The Morgan fingerprint density at radius 3 is 2.64 bits per heavy atom. The number of oxime groups is 1. The lowest BCUT2D eigenvalue weighted by molar-refractivity contribution is -0.155. The van der Waals surface area contributed by atoms with Crippen LogP contribution in [0, 0.1) is 11.6 Å². The second kappa shape index (κ2) is 9.50. The lowest BCUT2D eigenvalue weighted by atomic mass is 9.92. The standard InChI is InChI=1S/C24H22F2N2O5/c1-2-24(12-20(28-33-24)16-8-17(25)10-18(26)9-16)23(30)27-19-11-21(31-14-19)22(29)32-13-15-6-4-3-5-7-15/h2-10,19,21H,1,11-14H2,(H,27,30)/t19-,21-,24-/m1/s1. The lowest BCUT2D eigenvalue weighted by Gasteiger charge is -2.23. The smallest absolute Gasteiger partial charge is 0.335 e. The molecule has 33 heavy (non-hydrogen) atoms. The van der Waals surface area contributed by atoms with Crippen molar-refractivity contribution in [3.63, 3.8) is 0 Å². The van der Waals surface area contributed by atoms with Crippen molar-refractivity contribution in [2.45, 2.75) is 37.2 Å². The summed E-state index contributed by atoms with van der Waals surface area (Å²) in [6.45, 7) is 3.91. The van der Waals surface area contributed by atoms with E-state index in [-0.39, 0.29) is 37.3 Å². The van der Waals surface area contributed by atoms with Gasteiger partial charge in [0.1, 0.15) is 18.2 Å². The Hall–Kier alpha value is -3.59. The third kappa shape index (κ3) is 5.09. The summed E-state index contributed by atoms with van der Waals surface area (Å²) in [7, 11) is 0. The van der Waals surface area contributed by atoms with Crippen LogP contribution in [0.15, 0.2) is 66.3 Å². The van der Waals surface area contributed by atoms with E-state index in [1.54, 1.807) is 0 Å². The SMILES string of the molecule is C=C[C@]1(C(=O)N[C@H]2CO[C@@H](C(=O)OCc3ccccc3)C2)CC(c2cc(F)cc(F)c2)=NO1. The molecule has 2 aliphatic heterocycles. The van der Waals surface area contributed by atoms with Gasteiger partial charge in [-0.15, -0.1) is 0 Å². The van der Waals surface area contributed by atoms with Gasteiger partial charge in [0.25, 0.3) is 5.91 Å². The molecule has 172 valence electrons. The first-order valence-corrected chi connectivity index (χ1v) is 10.4. The first-order chi connectivity index (χ1) is 15.9. The van der Waals surface area contributed by atoms with E-state index in [9.17, 15) is 18.4 Å². The highest BCUT2D eigenvalue weighted by atomic mass is 19.1. The van der Waals surface area contributed by atoms with Crippen molar-refractivity contribution in [2.24, 2.45) is 5.16 Å². The van der Waals surface area contributed by atoms with Gasteiger partial charge in [-0.1, -0.05) is 42.1 Å². The number of hydrogen-bond acceptors (Lipinski definition) is 6. The molecule has 3 atom stereocenters. The molecule has 0 aliphatic carbocycles. The molecular weight excluding hydrogens is 434 g/mol. The maximum absolute atomic E-state index is 13.6. The first-order valence-electron chi connectivity index (χ1n) is 10.4. The molecule has 0 spiro atoms. The highest BCUT2D eigenvalue weighted by Gasteiger charge is 2.46. The molecule has 1 fully saturated rings. The van der Waals surface area contributed by atoms with Crippen LogP contribution >= 0.6 is 0 Å². The summed E-state index contributed by atoms with van der Waals surface area (Å²) in [5.41, 5.74) is -0.291. The van der Waals surface area contributed by atoms with Crippen LogP contribution in [-0.2, 0) is 30.5 Å². The summed E-state index contributed by atoms with van der Waals surface area (Å²) >= 11 is 0. The van der Waals surface area contributed by atoms with Crippen molar-refractivity contribution in [1.29, 1.82) is 0 Å². The fourth-order valence-electron chi connectivity index (χ4n) is 3.67. The molecular formula is C24H22F2N2O5. The molecule has 0 radical (unpaired) electrons. The van der Waals surface area contributed by atoms with Gasteiger partial charge in [-0.2, -0.15) is 0 Å². The van der Waals surface area contributed by atoms with E-state index in [4.69, 9.17) is 14.3 Å². The molecule has 1 amide bonds. The van der Waals surface area contributed by atoms with Gasteiger partial charge >= 0.3 is 5.97 Å². The number of benzene rings is 2. The predicted molar refractivity (Wildman–Crippen MR) is 114 cm³/mol. The lowest BCUT2D eigenvalue weighted by Crippen LogP contribution is -2.49. The normalized spacial score (nSPS) is 24.0. The van der Waals surface area contributed by atoms with E-state index in [0.717, 1.165) is 23.8 Å². The highest BCUT2D eigenvalue weighted by Crippen LogP contribution is 2.30. The van der Waals surface area contributed by atoms with Crippen LogP contribution in [0.3, 0.4) is 0 Å². The zero-order valence-corrected chi connectivity index (χ0v) is 17.6. The van der Waals surface area contributed by atoms with E-state index in [0.29, 0.717) is 0 Å². The largest absolute Gasteiger partial charge is 0.459 e. The molecule has 2 aromatic carbocycles. The molecule has 4 rings (SSSR count). The van der Waals surface area contributed by atoms with E-state index >= 15 is 0 Å². The Balaban J connectivity index is 1.32. The molecule has 1 N–H and O–H groups in total. The Morgan fingerprint density at radius 2 is 1.94 bits per heavy atom. The second-order valence-corrected chi connectivity index (χ2v) is 7.88. The summed E-state index contributed by atoms with van der Waals surface area (Å²) < 4.78 is 37.9. The van der Waals surface area contributed by atoms with Crippen LogP contribution in [0.5, 0.6) is 0 Å². The highest BCUT2D eigenvalue weighted by molar-refractivity contribution is 6.06. The molecule has 2 aromatic rings. The van der Waals surface area contributed by atoms with Gasteiger partial charge in [-0.25, -0.2) is 13.6 Å². The number of nitrogens with one attached hydrogen (secondary N) is 1. The number of esters is 1. The number of rotatable bonds is 7. The van der Waals surface area contributed by atoms with E-state index < -0.39 is 41.3 Å². The average molecular weight is 456 g/mol. The van der Waals surface area contributed by atoms with Crippen LogP contribution in [0.25, 0.3) is 0 Å². The zero-order valence-electron chi connectivity index (χ0n) is 17.6. The van der Waals surface area contributed by atoms with Crippen molar-refractivity contribution in [1.82, 2.24) is 5.32 Å². The average Bonchev–Trinajstić information content (AvgIpc) is 3.46. The number of hydrogen-bond donors (Lipinski definition) is 1. The van der Waals surface area contributed by atoms with Crippen LogP contribution in [-0.4, -0.2) is 41.9 Å². The monoisotopic (exact) mass is 456 g/mol. The van der Waals surface area contributed by atoms with Gasteiger partial charge in [-0.05, 0) is 23.8 Å².